The van der Waals surface area contributed by atoms with Gasteiger partial charge in [-0.25, -0.2) is 0 Å². The maximum atomic E-state index is 12.7. The Morgan fingerprint density at radius 2 is 2.12 bits per heavy atom. The highest BCUT2D eigenvalue weighted by atomic mass is 16.3. The average molecular weight is 324 g/mol. The lowest BCUT2D eigenvalue weighted by Crippen LogP contribution is -2.55. The van der Waals surface area contributed by atoms with Crippen LogP contribution in [0.3, 0.4) is 0 Å². The fraction of sp³-hybridized carbons (Fsp3) is 0.619. The Bertz CT molecular complexity index is 709. The number of terminal acetylenes is 1. The van der Waals surface area contributed by atoms with Gasteiger partial charge in [-0.05, 0) is 61.5 Å². The number of ketones is 2. The van der Waals surface area contributed by atoms with Crippen molar-refractivity contribution in [1.29, 1.82) is 0 Å². The van der Waals surface area contributed by atoms with E-state index in [0.717, 1.165) is 31.3 Å². The summed E-state index contributed by atoms with van der Waals surface area (Å²) in [6, 6.07) is 0. The van der Waals surface area contributed by atoms with E-state index in [1.54, 1.807) is 12.2 Å². The molecule has 0 aromatic heterocycles. The highest BCUT2D eigenvalue weighted by Gasteiger charge is 2.62. The minimum atomic E-state index is -1.20. The largest absolute Gasteiger partial charge is 0.373 e. The van der Waals surface area contributed by atoms with Crippen LogP contribution in [0.1, 0.15) is 45.4 Å². The zero-order valence-corrected chi connectivity index (χ0v) is 14.1. The fourth-order valence-corrected chi connectivity index (χ4v) is 6.18. The minimum absolute atomic E-state index is 0.0919. The van der Waals surface area contributed by atoms with E-state index < -0.39 is 5.60 Å². The zero-order valence-electron chi connectivity index (χ0n) is 14.1. The first-order chi connectivity index (χ1) is 11.5. The maximum absolute atomic E-state index is 12.7. The normalized spacial score (nSPS) is 46.6. The quantitative estimate of drug-likeness (QED) is 0.596. The first-order valence-electron chi connectivity index (χ1n) is 9.13. The number of hydrogen-bond donors (Lipinski definition) is 1. The number of fused-ring (bicyclic) bond motifs is 5. The zero-order chi connectivity index (χ0) is 17.1. The molecule has 3 nitrogen and oxygen atoms in total. The molecule has 24 heavy (non-hydrogen) atoms. The number of hydrogen-bond acceptors (Lipinski definition) is 3. The maximum Gasteiger partial charge on any atom is 0.159 e. The molecule has 2 fully saturated rings. The number of carbonyl (C=O) groups is 2. The second-order valence-electron chi connectivity index (χ2n) is 8.01. The molecule has 0 radical (unpaired) electrons. The highest BCUT2D eigenvalue weighted by molar-refractivity contribution is 6.05. The predicted molar refractivity (Wildman–Crippen MR) is 90.8 cm³/mol. The lowest BCUT2D eigenvalue weighted by atomic mass is 9.49. The summed E-state index contributed by atoms with van der Waals surface area (Å²) >= 11 is 0. The first-order valence-corrected chi connectivity index (χ1v) is 9.13. The van der Waals surface area contributed by atoms with E-state index in [-0.39, 0.29) is 34.7 Å². The molecular formula is C21H24O3. The summed E-state index contributed by atoms with van der Waals surface area (Å²) in [5.74, 6) is 3.89. The number of carbonyl (C=O) groups excluding carboxylic acids is 2. The summed E-state index contributed by atoms with van der Waals surface area (Å²) in [5, 5.41) is 11.0. The van der Waals surface area contributed by atoms with Gasteiger partial charge < -0.3 is 5.11 Å². The van der Waals surface area contributed by atoms with Gasteiger partial charge >= 0.3 is 0 Å². The second kappa shape index (κ2) is 5.17. The van der Waals surface area contributed by atoms with Gasteiger partial charge in [0.1, 0.15) is 5.60 Å². The van der Waals surface area contributed by atoms with Gasteiger partial charge in [0.2, 0.25) is 0 Å². The van der Waals surface area contributed by atoms with Crippen LogP contribution in [0.5, 0.6) is 0 Å². The van der Waals surface area contributed by atoms with E-state index in [0.29, 0.717) is 18.8 Å². The molecular weight excluding hydrogens is 300 g/mol. The number of aliphatic hydroxyl groups is 1. The van der Waals surface area contributed by atoms with Gasteiger partial charge in [-0.2, -0.15) is 0 Å². The first kappa shape index (κ1) is 15.8. The smallest absolute Gasteiger partial charge is 0.159 e. The van der Waals surface area contributed by atoms with Crippen molar-refractivity contribution in [2.75, 3.05) is 0 Å². The van der Waals surface area contributed by atoms with E-state index in [1.807, 2.05) is 0 Å². The fourth-order valence-electron chi connectivity index (χ4n) is 6.18. The highest BCUT2D eigenvalue weighted by Crippen LogP contribution is 2.63. The van der Waals surface area contributed by atoms with Crippen molar-refractivity contribution in [2.24, 2.45) is 29.1 Å². The van der Waals surface area contributed by atoms with Crippen LogP contribution in [0, 0.1) is 41.4 Å². The topological polar surface area (TPSA) is 54.4 Å². The molecule has 4 aliphatic carbocycles. The Balaban J connectivity index is 1.73. The monoisotopic (exact) mass is 324 g/mol. The molecule has 0 aliphatic heterocycles. The van der Waals surface area contributed by atoms with E-state index in [9.17, 15) is 14.7 Å². The molecule has 4 rings (SSSR count). The molecule has 0 saturated heterocycles. The van der Waals surface area contributed by atoms with Gasteiger partial charge in [-0.1, -0.05) is 18.9 Å². The summed E-state index contributed by atoms with van der Waals surface area (Å²) in [6.07, 6.45) is 15.7. The Morgan fingerprint density at radius 1 is 1.33 bits per heavy atom. The molecule has 3 heteroatoms. The molecule has 2 saturated carbocycles. The van der Waals surface area contributed by atoms with Crippen LogP contribution >= 0.6 is 0 Å². The third-order valence-corrected chi connectivity index (χ3v) is 7.41. The molecule has 4 aliphatic rings. The van der Waals surface area contributed by atoms with E-state index >= 15 is 0 Å². The van der Waals surface area contributed by atoms with Crippen molar-refractivity contribution in [1.82, 2.24) is 0 Å². The van der Waals surface area contributed by atoms with Gasteiger partial charge in [0, 0.05) is 23.8 Å². The second-order valence-corrected chi connectivity index (χ2v) is 8.01. The number of Topliss-reactive ketones (excluding diaryl/α,β-unsaturated/α-hetero) is 1. The van der Waals surface area contributed by atoms with Crippen LogP contribution in [0.2, 0.25) is 0 Å². The SMILES string of the molecule is C#C[C@]1(O)C=C[C@H]2[C@@H]3CC(=O)C4=CC(=O)CC[C@@H]4[C@H]3CC[C@@]21CC. The van der Waals surface area contributed by atoms with Crippen molar-refractivity contribution in [3.8, 4) is 12.3 Å². The van der Waals surface area contributed by atoms with Gasteiger partial charge in [0.25, 0.3) is 0 Å². The Hall–Kier alpha value is -1.66. The molecule has 0 aromatic rings. The molecule has 0 heterocycles. The third kappa shape index (κ3) is 1.84. The minimum Gasteiger partial charge on any atom is -0.373 e. The van der Waals surface area contributed by atoms with E-state index in [2.05, 4.69) is 18.9 Å². The molecule has 1 N–H and O–H groups in total. The van der Waals surface area contributed by atoms with Crippen LogP contribution in [0.15, 0.2) is 23.8 Å². The van der Waals surface area contributed by atoms with Crippen molar-refractivity contribution >= 4 is 11.6 Å². The molecule has 0 unspecified atom stereocenters. The predicted octanol–water partition coefficient (Wildman–Crippen LogP) is 2.84. The summed E-state index contributed by atoms with van der Waals surface area (Å²) in [6.45, 7) is 2.10. The Kier molecular flexibility index (Phi) is 3.41. The van der Waals surface area contributed by atoms with Crippen molar-refractivity contribution in [3.05, 3.63) is 23.8 Å². The van der Waals surface area contributed by atoms with Crippen LogP contribution < -0.4 is 0 Å². The van der Waals surface area contributed by atoms with Crippen molar-refractivity contribution in [3.63, 3.8) is 0 Å². The summed E-state index contributed by atoms with van der Waals surface area (Å²) in [4.78, 5) is 24.4. The Morgan fingerprint density at radius 3 is 2.83 bits per heavy atom. The summed E-state index contributed by atoms with van der Waals surface area (Å²) in [5.41, 5.74) is -0.765. The van der Waals surface area contributed by atoms with Crippen molar-refractivity contribution < 1.29 is 14.7 Å². The average Bonchev–Trinajstić information content (AvgIpc) is 2.89. The van der Waals surface area contributed by atoms with Crippen LogP contribution in [0.4, 0.5) is 0 Å². The van der Waals surface area contributed by atoms with Gasteiger partial charge in [-0.15, -0.1) is 6.42 Å². The van der Waals surface area contributed by atoms with Gasteiger partial charge in [0.05, 0.1) is 0 Å². The molecule has 6 atom stereocenters. The van der Waals surface area contributed by atoms with Crippen LogP contribution in [-0.2, 0) is 9.59 Å². The number of allylic oxidation sites excluding steroid dienone is 3. The lowest BCUT2D eigenvalue weighted by molar-refractivity contribution is -0.130. The van der Waals surface area contributed by atoms with Crippen molar-refractivity contribution in [2.45, 2.75) is 51.0 Å². The van der Waals surface area contributed by atoms with E-state index in [4.69, 9.17) is 6.42 Å². The van der Waals surface area contributed by atoms with Crippen LogP contribution in [-0.4, -0.2) is 22.3 Å². The molecule has 126 valence electrons. The molecule has 0 amide bonds. The Labute approximate surface area is 143 Å². The summed E-state index contributed by atoms with van der Waals surface area (Å²) in [7, 11) is 0. The van der Waals surface area contributed by atoms with E-state index in [1.165, 1.54) is 0 Å². The molecule has 0 bridgehead atoms. The standard InChI is InChI=1S/C21H24O3/c1-3-20-9-7-15-14-6-5-13(22)11-17(14)19(23)12-16(15)18(20)8-10-21(20,24)4-2/h2,8,10-11,14-16,18,24H,3,5-7,9,12H2,1H3/t14-,15-,16-,18+,20+,21+/m1/s1. The lowest BCUT2D eigenvalue weighted by Gasteiger charge is -2.55. The molecule has 0 aromatic carbocycles. The number of rotatable bonds is 1. The van der Waals surface area contributed by atoms with Gasteiger partial charge in [0.15, 0.2) is 11.6 Å². The van der Waals surface area contributed by atoms with Gasteiger partial charge in [-0.3, -0.25) is 9.59 Å². The molecule has 0 spiro atoms. The van der Waals surface area contributed by atoms with Crippen LogP contribution in [0.25, 0.3) is 0 Å². The third-order valence-electron chi connectivity index (χ3n) is 7.41. The summed E-state index contributed by atoms with van der Waals surface area (Å²) < 4.78 is 0.